The molecule has 0 bridgehead atoms. The Morgan fingerprint density at radius 3 is 1.36 bits per heavy atom. The van der Waals surface area contributed by atoms with Crippen molar-refractivity contribution in [2.24, 2.45) is 28.1 Å². The Labute approximate surface area is 497 Å². The first kappa shape index (κ1) is 69.1. The highest BCUT2D eigenvalue weighted by Gasteiger charge is 2.56. The minimum atomic E-state index is -0.0337. The van der Waals surface area contributed by atoms with E-state index in [4.69, 9.17) is 37.9 Å². The largest absolute Gasteiger partial charge is 0.381 e. The summed E-state index contributed by atoms with van der Waals surface area (Å²) in [4.78, 5) is 24.3. The highest BCUT2D eigenvalue weighted by atomic mass is 16.5. The van der Waals surface area contributed by atoms with Crippen LogP contribution in [0.25, 0.3) is 0 Å². The molecule has 3 saturated carbocycles. The topological polar surface area (TPSA) is 107 Å². The average molecular weight is 1150 g/mol. The summed E-state index contributed by atoms with van der Waals surface area (Å²) in [6.07, 6.45) is 17.0. The van der Waals surface area contributed by atoms with Gasteiger partial charge in [-0.3, -0.25) is 19.5 Å². The van der Waals surface area contributed by atoms with E-state index in [-0.39, 0.29) is 34.8 Å². The first-order chi connectivity index (χ1) is 37.7. The molecule has 1 amide bonds. The summed E-state index contributed by atoms with van der Waals surface area (Å²) in [6, 6.07) is 0. The van der Waals surface area contributed by atoms with Crippen molar-refractivity contribution in [3.8, 4) is 0 Å². The molecular weight excluding hydrogens is 1020 g/mol. The summed E-state index contributed by atoms with van der Waals surface area (Å²) < 4.78 is 46.8. The molecule has 0 unspecified atom stereocenters. The van der Waals surface area contributed by atoms with Crippen LogP contribution in [0.5, 0.6) is 0 Å². The molecule has 0 aromatic carbocycles. The lowest BCUT2D eigenvalue weighted by Gasteiger charge is -2.61. The third kappa shape index (κ3) is 23.6. The van der Waals surface area contributed by atoms with Gasteiger partial charge in [-0.1, -0.05) is 20.8 Å². The fraction of sp³-hybridized carbons (Fsp3) is 0.985. The Hall–Kier alpha value is -1.01. The molecule has 0 aromatic rings. The maximum atomic E-state index is 12.2. The molecule has 8 rings (SSSR count). The number of hydrogen-bond acceptors (Lipinski definition) is 13. The van der Waals surface area contributed by atoms with Crippen LogP contribution in [0, 0.1) is 28.1 Å². The summed E-state index contributed by atoms with van der Waals surface area (Å²) in [6.45, 7) is 59.3. The van der Waals surface area contributed by atoms with Gasteiger partial charge in [0.25, 0.3) is 0 Å². The molecule has 81 heavy (non-hydrogen) atoms. The van der Waals surface area contributed by atoms with Gasteiger partial charge in [0.1, 0.15) is 6.61 Å². The van der Waals surface area contributed by atoms with Gasteiger partial charge < -0.3 is 47.7 Å². The lowest BCUT2D eigenvalue weighted by atomic mass is 9.52. The number of carbonyl (C=O) groups excluding carboxylic acids is 1. The second-order valence-electron chi connectivity index (χ2n) is 32.8. The smallest absolute Gasteiger partial charge is 0.248 e. The van der Waals surface area contributed by atoms with Gasteiger partial charge in [0.15, 0.2) is 0 Å². The van der Waals surface area contributed by atoms with Crippen molar-refractivity contribution in [1.29, 1.82) is 0 Å². The minimum Gasteiger partial charge on any atom is -0.381 e. The molecule has 8 aliphatic rings. The SMILES string of the molecule is CC(C)(C)C1CC2(C1)CN(C(=O)COCCCOC1CN(C(C)(C)C)C1)C2.CC(C)(C)OC1CC(OCCCOCCCC2CN(C(C)(C)C)C2)C1.CC(C)(C)OC1CC2(C1)CN(CCCOCCCCOC1CN(C(C)(C)C)C1)C2. The van der Waals surface area contributed by atoms with Gasteiger partial charge in [0, 0.05) is 152 Å². The summed E-state index contributed by atoms with van der Waals surface area (Å²) in [5.41, 5.74) is 2.26. The molecule has 474 valence electrons. The average Bonchev–Trinajstić information content (AvgIpc) is 3.20. The van der Waals surface area contributed by atoms with E-state index < -0.39 is 0 Å². The van der Waals surface area contributed by atoms with Crippen LogP contribution in [0.1, 0.15) is 208 Å². The van der Waals surface area contributed by atoms with Crippen molar-refractivity contribution in [2.45, 2.75) is 266 Å². The molecular formula is C67H127N5O9. The lowest BCUT2D eigenvalue weighted by Crippen LogP contribution is -2.65. The van der Waals surface area contributed by atoms with Gasteiger partial charge in [-0.15, -0.1) is 0 Å². The fourth-order valence-electron chi connectivity index (χ4n) is 13.0. The normalized spacial score (nSPS) is 25.1. The number of nitrogens with zero attached hydrogens (tertiary/aromatic N) is 5. The molecule has 0 atom stereocenters. The number of ether oxygens (including phenoxy) is 8. The van der Waals surface area contributed by atoms with E-state index in [0.717, 1.165) is 142 Å². The van der Waals surface area contributed by atoms with E-state index in [1.54, 1.807) is 0 Å². The van der Waals surface area contributed by atoms with Gasteiger partial charge in [0.2, 0.25) is 5.91 Å². The van der Waals surface area contributed by atoms with Crippen molar-refractivity contribution in [1.82, 2.24) is 24.5 Å². The zero-order valence-corrected chi connectivity index (χ0v) is 55.8. The molecule has 0 N–H and O–H groups in total. The summed E-state index contributed by atoms with van der Waals surface area (Å²) in [5, 5.41) is 0. The number of amides is 1. The van der Waals surface area contributed by atoms with Crippen molar-refractivity contribution < 1.29 is 42.7 Å². The molecule has 14 heteroatoms. The van der Waals surface area contributed by atoms with E-state index in [1.165, 1.54) is 71.2 Å². The Morgan fingerprint density at radius 1 is 0.432 bits per heavy atom. The Morgan fingerprint density at radius 2 is 0.852 bits per heavy atom. The van der Waals surface area contributed by atoms with Crippen LogP contribution in [0.4, 0.5) is 0 Å². The Bertz CT molecular complexity index is 1790. The van der Waals surface area contributed by atoms with Crippen molar-refractivity contribution >= 4 is 5.91 Å². The Balaban J connectivity index is 0.000000196. The second kappa shape index (κ2) is 29.8. The van der Waals surface area contributed by atoms with Crippen LogP contribution in [-0.4, -0.2) is 220 Å². The molecule has 0 aromatic heterocycles. The summed E-state index contributed by atoms with van der Waals surface area (Å²) in [7, 11) is 0. The van der Waals surface area contributed by atoms with Crippen LogP contribution < -0.4 is 0 Å². The van der Waals surface area contributed by atoms with Gasteiger partial charge in [-0.2, -0.15) is 0 Å². The zero-order chi connectivity index (χ0) is 59.5. The van der Waals surface area contributed by atoms with Gasteiger partial charge in [-0.05, 0) is 205 Å². The molecule has 5 heterocycles. The third-order valence-corrected chi connectivity index (χ3v) is 18.5. The predicted octanol–water partition coefficient (Wildman–Crippen LogP) is 11.4. The van der Waals surface area contributed by atoms with Crippen LogP contribution >= 0.6 is 0 Å². The molecule has 0 radical (unpaired) electrons. The van der Waals surface area contributed by atoms with Crippen LogP contribution in [-0.2, 0) is 42.7 Å². The second-order valence-corrected chi connectivity index (χ2v) is 32.8. The molecule has 5 aliphatic heterocycles. The molecule has 5 saturated heterocycles. The number of rotatable bonds is 28. The first-order valence-corrected chi connectivity index (χ1v) is 32.9. The van der Waals surface area contributed by atoms with Gasteiger partial charge in [0.05, 0.1) is 41.7 Å². The lowest BCUT2D eigenvalue weighted by molar-refractivity contribution is -0.186. The molecule has 3 aliphatic carbocycles. The summed E-state index contributed by atoms with van der Waals surface area (Å²) in [5.74, 6) is 1.85. The van der Waals surface area contributed by atoms with Crippen molar-refractivity contribution in [3.05, 3.63) is 0 Å². The number of likely N-dealkylation sites (tertiary alicyclic amines) is 5. The highest BCUT2D eigenvalue weighted by Crippen LogP contribution is 2.57. The van der Waals surface area contributed by atoms with E-state index in [9.17, 15) is 4.79 Å². The van der Waals surface area contributed by atoms with E-state index in [2.05, 4.69) is 144 Å². The Kier molecular flexibility index (Phi) is 25.4. The molecule has 14 nitrogen and oxygen atoms in total. The molecule has 8 fully saturated rings. The maximum Gasteiger partial charge on any atom is 0.248 e. The third-order valence-electron chi connectivity index (χ3n) is 18.5. The monoisotopic (exact) mass is 1150 g/mol. The van der Waals surface area contributed by atoms with Crippen molar-refractivity contribution in [3.63, 3.8) is 0 Å². The van der Waals surface area contributed by atoms with Crippen molar-refractivity contribution in [2.75, 3.05) is 131 Å². The maximum absolute atomic E-state index is 12.2. The first-order valence-electron chi connectivity index (χ1n) is 32.9. The van der Waals surface area contributed by atoms with Gasteiger partial charge in [-0.25, -0.2) is 0 Å². The minimum absolute atomic E-state index is 0.00381. The van der Waals surface area contributed by atoms with Crippen LogP contribution in [0.15, 0.2) is 0 Å². The number of unbranched alkanes of at least 4 members (excludes halogenated alkanes) is 1. The van der Waals surface area contributed by atoms with Gasteiger partial charge >= 0.3 is 0 Å². The standard InChI is InChI=1S/C24H46N2O3.C22H40N2O3.C21H41NO3/c1-22(2,3)26-16-21(17-26)28-13-8-7-11-27-12-9-10-25-18-24(19-25)14-20(15-24)29-23(4,5)6;1-20(2,3)17-10-22(11-17)15-23(16-22)19(25)14-26-8-7-9-27-18-12-24(13-18)21(4,5)6;1-20(2,3)22-15-17(16-22)9-7-10-23-11-8-12-24-18-13-19(14-18)25-21(4,5)6/h20-21H,7-19H2,1-6H3;17-18H,7-16H2,1-6H3;17-19H,7-16H2,1-6H3. The van der Waals surface area contributed by atoms with Crippen LogP contribution in [0.2, 0.25) is 0 Å². The van der Waals surface area contributed by atoms with Crippen LogP contribution in [0.3, 0.4) is 0 Å². The molecule has 2 spiro atoms. The quantitative estimate of drug-likeness (QED) is 0.0695. The number of carbonyl (C=O) groups is 1. The summed E-state index contributed by atoms with van der Waals surface area (Å²) >= 11 is 0. The number of hydrogen-bond donors (Lipinski definition) is 0. The predicted molar refractivity (Wildman–Crippen MR) is 329 cm³/mol. The highest BCUT2D eigenvalue weighted by molar-refractivity contribution is 5.78. The van der Waals surface area contributed by atoms with E-state index >= 15 is 0 Å². The fourth-order valence-corrected chi connectivity index (χ4v) is 13.0. The zero-order valence-electron chi connectivity index (χ0n) is 55.8. The van der Waals surface area contributed by atoms with E-state index in [0.29, 0.717) is 58.9 Å². The van der Waals surface area contributed by atoms with E-state index in [1.807, 2.05) is 4.90 Å².